The molecular formula is C30H32ClNO2. The van der Waals surface area contributed by atoms with Crippen molar-refractivity contribution < 1.29 is 9.47 Å². The van der Waals surface area contributed by atoms with Crippen LogP contribution in [0.15, 0.2) is 84.9 Å². The van der Waals surface area contributed by atoms with Gasteiger partial charge in [0.2, 0.25) is 0 Å². The lowest BCUT2D eigenvalue weighted by atomic mass is 9.90. The first-order valence-corrected chi connectivity index (χ1v) is 11.9. The van der Waals surface area contributed by atoms with Gasteiger partial charge in [-0.15, -0.1) is 12.4 Å². The van der Waals surface area contributed by atoms with E-state index in [-0.39, 0.29) is 12.4 Å². The molecule has 176 valence electrons. The number of methoxy groups -OCH3 is 1. The minimum Gasteiger partial charge on any atom is -0.497 e. The highest BCUT2D eigenvalue weighted by Crippen LogP contribution is 2.33. The van der Waals surface area contributed by atoms with Crippen LogP contribution in [0.2, 0.25) is 0 Å². The zero-order valence-electron chi connectivity index (χ0n) is 19.7. The number of hydrogen-bond donors (Lipinski definition) is 0. The summed E-state index contributed by atoms with van der Waals surface area (Å²) in [5.74, 6) is 1.83. The molecule has 0 aliphatic carbocycles. The van der Waals surface area contributed by atoms with Crippen LogP contribution in [0.1, 0.15) is 24.0 Å². The Morgan fingerprint density at radius 3 is 2.21 bits per heavy atom. The second-order valence-electron chi connectivity index (χ2n) is 8.76. The van der Waals surface area contributed by atoms with Gasteiger partial charge in [0.25, 0.3) is 0 Å². The molecule has 0 bridgehead atoms. The van der Waals surface area contributed by atoms with E-state index in [1.54, 1.807) is 7.11 Å². The number of hydrogen-bond acceptors (Lipinski definition) is 3. The zero-order chi connectivity index (χ0) is 22.5. The maximum atomic E-state index is 6.00. The average molecular weight is 474 g/mol. The van der Waals surface area contributed by atoms with E-state index in [0.717, 1.165) is 31.1 Å². The molecule has 4 heteroatoms. The van der Waals surface area contributed by atoms with Gasteiger partial charge in [-0.1, -0.05) is 60.7 Å². The number of rotatable bonds is 8. The van der Waals surface area contributed by atoms with E-state index in [0.29, 0.717) is 0 Å². The summed E-state index contributed by atoms with van der Waals surface area (Å²) in [6.45, 7) is 4.20. The van der Waals surface area contributed by atoms with Gasteiger partial charge in [0, 0.05) is 6.54 Å². The van der Waals surface area contributed by atoms with Gasteiger partial charge in [0.1, 0.15) is 18.1 Å². The molecule has 0 atom stereocenters. The summed E-state index contributed by atoms with van der Waals surface area (Å²) < 4.78 is 11.4. The molecule has 0 N–H and O–H groups in total. The monoisotopic (exact) mass is 473 g/mol. The Morgan fingerprint density at radius 2 is 1.47 bits per heavy atom. The van der Waals surface area contributed by atoms with Crippen molar-refractivity contribution in [3.8, 4) is 22.6 Å². The van der Waals surface area contributed by atoms with Gasteiger partial charge in [-0.2, -0.15) is 0 Å². The van der Waals surface area contributed by atoms with Crippen LogP contribution < -0.4 is 9.47 Å². The van der Waals surface area contributed by atoms with E-state index in [1.807, 2.05) is 12.1 Å². The molecule has 0 unspecified atom stereocenters. The predicted octanol–water partition coefficient (Wildman–Crippen LogP) is 7.00. The van der Waals surface area contributed by atoms with Crippen molar-refractivity contribution in [1.82, 2.24) is 4.90 Å². The third-order valence-electron chi connectivity index (χ3n) is 6.62. The Balaban J connectivity index is 0.00000274. The summed E-state index contributed by atoms with van der Waals surface area (Å²) >= 11 is 0. The minimum atomic E-state index is 0. The van der Waals surface area contributed by atoms with E-state index in [4.69, 9.17) is 9.47 Å². The fourth-order valence-corrected chi connectivity index (χ4v) is 4.77. The molecule has 4 aromatic rings. The summed E-state index contributed by atoms with van der Waals surface area (Å²) in [7, 11) is 1.70. The smallest absolute Gasteiger partial charge is 0.119 e. The molecule has 5 rings (SSSR count). The van der Waals surface area contributed by atoms with Gasteiger partial charge in [-0.3, -0.25) is 4.90 Å². The molecule has 4 aromatic carbocycles. The normalized spacial score (nSPS) is 13.6. The van der Waals surface area contributed by atoms with E-state index < -0.39 is 0 Å². The number of fused-ring (bicyclic) bond motifs is 1. The number of halogens is 1. The third kappa shape index (κ3) is 5.55. The van der Waals surface area contributed by atoms with Crippen LogP contribution in [0.5, 0.6) is 11.5 Å². The lowest BCUT2D eigenvalue weighted by molar-refractivity contribution is 0.238. The molecular weight excluding hydrogens is 442 g/mol. The van der Waals surface area contributed by atoms with E-state index >= 15 is 0 Å². The van der Waals surface area contributed by atoms with Crippen LogP contribution in [0.25, 0.3) is 21.9 Å². The Labute approximate surface area is 208 Å². The predicted molar refractivity (Wildman–Crippen MR) is 144 cm³/mol. The first kappa shape index (κ1) is 24.1. The first-order chi connectivity index (χ1) is 16.3. The van der Waals surface area contributed by atoms with Gasteiger partial charge >= 0.3 is 0 Å². The molecule has 0 aromatic heterocycles. The highest BCUT2D eigenvalue weighted by atomic mass is 35.5. The highest BCUT2D eigenvalue weighted by molar-refractivity contribution is 5.92. The molecule has 0 spiro atoms. The second kappa shape index (κ2) is 11.4. The summed E-state index contributed by atoms with van der Waals surface area (Å²) in [5, 5.41) is 2.57. The van der Waals surface area contributed by atoms with Crippen LogP contribution in [-0.4, -0.2) is 38.3 Å². The Bertz CT molecular complexity index is 1200. The van der Waals surface area contributed by atoms with E-state index in [2.05, 4.69) is 77.7 Å². The van der Waals surface area contributed by atoms with Crippen molar-refractivity contribution in [2.45, 2.75) is 19.3 Å². The molecule has 34 heavy (non-hydrogen) atoms. The number of ether oxygens (including phenoxy) is 2. The molecule has 1 saturated heterocycles. The summed E-state index contributed by atoms with van der Waals surface area (Å²) in [6.07, 6.45) is 3.51. The number of nitrogens with zero attached hydrogens (tertiary/aromatic N) is 1. The Hall–Kier alpha value is -3.01. The summed E-state index contributed by atoms with van der Waals surface area (Å²) in [6, 6.07) is 30.1. The summed E-state index contributed by atoms with van der Waals surface area (Å²) in [5.41, 5.74) is 5.11. The molecule has 3 nitrogen and oxygen atoms in total. The van der Waals surface area contributed by atoms with Gasteiger partial charge < -0.3 is 9.47 Å². The second-order valence-corrected chi connectivity index (χ2v) is 8.76. The van der Waals surface area contributed by atoms with Crippen molar-refractivity contribution in [3.05, 3.63) is 96.1 Å². The van der Waals surface area contributed by atoms with E-state index in [9.17, 15) is 0 Å². The summed E-state index contributed by atoms with van der Waals surface area (Å²) in [4.78, 5) is 2.48. The lowest BCUT2D eigenvalue weighted by Crippen LogP contribution is -2.25. The quantitative estimate of drug-likeness (QED) is 0.275. The SMILES string of the molecule is COc1ccc(-c2ccc3ccccc3c2Cc2ccc(OCCN3CCCC3)cc2)cc1.Cl. The Morgan fingerprint density at radius 1 is 0.765 bits per heavy atom. The molecule has 0 radical (unpaired) electrons. The zero-order valence-corrected chi connectivity index (χ0v) is 20.5. The fraction of sp³-hybridized carbons (Fsp3) is 0.267. The van der Waals surface area contributed by atoms with Crippen LogP contribution in [0.3, 0.4) is 0 Å². The number of likely N-dealkylation sites (tertiary alicyclic amines) is 1. The van der Waals surface area contributed by atoms with Gasteiger partial charge in [-0.25, -0.2) is 0 Å². The molecule has 0 saturated carbocycles. The van der Waals surface area contributed by atoms with E-state index in [1.165, 1.54) is 59.0 Å². The number of benzene rings is 4. The largest absolute Gasteiger partial charge is 0.497 e. The van der Waals surface area contributed by atoms with Crippen LogP contribution in [-0.2, 0) is 6.42 Å². The molecule has 1 aliphatic heterocycles. The molecule has 1 heterocycles. The van der Waals surface area contributed by atoms with Crippen LogP contribution in [0, 0.1) is 0 Å². The molecule has 0 amide bonds. The standard InChI is InChI=1S/C30H31NO2.ClH/c1-32-26-15-10-25(11-16-26)29-17-12-24-6-2-3-7-28(24)30(29)22-23-8-13-27(14-9-23)33-21-20-31-18-4-5-19-31;/h2-3,6-17H,4-5,18-22H2,1H3;1H. The third-order valence-corrected chi connectivity index (χ3v) is 6.62. The van der Waals surface area contributed by atoms with Crippen molar-refractivity contribution in [2.75, 3.05) is 33.4 Å². The van der Waals surface area contributed by atoms with Gasteiger partial charge in [0.05, 0.1) is 7.11 Å². The maximum Gasteiger partial charge on any atom is 0.119 e. The van der Waals surface area contributed by atoms with Crippen molar-refractivity contribution in [1.29, 1.82) is 0 Å². The topological polar surface area (TPSA) is 21.7 Å². The van der Waals surface area contributed by atoms with Crippen LogP contribution >= 0.6 is 12.4 Å². The van der Waals surface area contributed by atoms with Crippen molar-refractivity contribution >= 4 is 23.2 Å². The average Bonchev–Trinajstić information content (AvgIpc) is 3.39. The van der Waals surface area contributed by atoms with Crippen molar-refractivity contribution in [2.24, 2.45) is 0 Å². The molecule has 1 fully saturated rings. The van der Waals surface area contributed by atoms with Crippen LogP contribution in [0.4, 0.5) is 0 Å². The maximum absolute atomic E-state index is 6.00. The van der Waals surface area contributed by atoms with Gasteiger partial charge in [-0.05, 0) is 89.6 Å². The fourth-order valence-electron chi connectivity index (χ4n) is 4.77. The minimum absolute atomic E-state index is 0. The lowest BCUT2D eigenvalue weighted by Gasteiger charge is -2.16. The Kier molecular flexibility index (Phi) is 8.10. The molecule has 1 aliphatic rings. The first-order valence-electron chi connectivity index (χ1n) is 11.9. The van der Waals surface area contributed by atoms with Crippen molar-refractivity contribution in [3.63, 3.8) is 0 Å². The highest BCUT2D eigenvalue weighted by Gasteiger charge is 2.12. The van der Waals surface area contributed by atoms with Gasteiger partial charge in [0.15, 0.2) is 0 Å².